The predicted octanol–water partition coefficient (Wildman–Crippen LogP) is -0.133. The first-order valence-electron chi connectivity index (χ1n) is 8.55. The lowest BCUT2D eigenvalue weighted by atomic mass is 9.94. The maximum Gasteiger partial charge on any atom is 0.224 e. The van der Waals surface area contributed by atoms with E-state index in [0.717, 1.165) is 45.3 Å². The van der Waals surface area contributed by atoms with Crippen molar-refractivity contribution >= 4 is 28.3 Å². The molecule has 0 spiro atoms. The fraction of sp³-hybridized carbons (Fsp3) is 0.933. The molecule has 24 heavy (non-hydrogen) atoms. The molecule has 2 rings (SSSR count). The molecule has 2 saturated heterocycles. The number of nitrogens with one attached hydrogen (secondary N) is 1. The zero-order chi connectivity index (χ0) is 16.9. The SMILES string of the molecule is CS(=O)(=O)N1CCCC(CN2CCCC(C(=O)NCCN)C2)C1.Cl. The highest BCUT2D eigenvalue weighted by atomic mass is 35.5. The van der Waals surface area contributed by atoms with Gasteiger partial charge in [0.15, 0.2) is 0 Å². The number of halogens is 1. The van der Waals surface area contributed by atoms with Crippen LogP contribution < -0.4 is 11.1 Å². The van der Waals surface area contributed by atoms with Crippen molar-refractivity contribution in [1.29, 1.82) is 0 Å². The summed E-state index contributed by atoms with van der Waals surface area (Å²) in [6.07, 6.45) is 5.21. The van der Waals surface area contributed by atoms with Gasteiger partial charge in [-0.25, -0.2) is 12.7 Å². The van der Waals surface area contributed by atoms with E-state index in [2.05, 4.69) is 10.2 Å². The van der Waals surface area contributed by atoms with Gasteiger partial charge in [-0.2, -0.15) is 0 Å². The second-order valence-electron chi connectivity index (χ2n) is 6.81. The molecule has 2 unspecified atom stereocenters. The second-order valence-corrected chi connectivity index (χ2v) is 8.79. The van der Waals surface area contributed by atoms with E-state index >= 15 is 0 Å². The standard InChI is InChI=1S/C15H30N4O3S.ClH/c1-23(21,22)19-9-2-4-13(11-19)10-18-8-3-5-14(12-18)15(20)17-7-6-16;/h13-14H,2-12,16H2,1H3,(H,17,20);1H. The fourth-order valence-corrected chi connectivity index (χ4v) is 4.56. The maximum atomic E-state index is 12.1. The van der Waals surface area contributed by atoms with Gasteiger partial charge in [-0.1, -0.05) is 0 Å². The topological polar surface area (TPSA) is 95.7 Å². The van der Waals surface area contributed by atoms with E-state index in [0.29, 0.717) is 32.1 Å². The minimum Gasteiger partial charge on any atom is -0.355 e. The number of piperidine rings is 2. The van der Waals surface area contributed by atoms with Crippen molar-refractivity contribution < 1.29 is 13.2 Å². The Hall–Kier alpha value is -0.410. The molecule has 2 aliphatic heterocycles. The van der Waals surface area contributed by atoms with Gasteiger partial charge < -0.3 is 16.0 Å². The monoisotopic (exact) mass is 382 g/mol. The van der Waals surface area contributed by atoms with Crippen LogP contribution in [0.15, 0.2) is 0 Å². The number of amides is 1. The zero-order valence-corrected chi connectivity index (χ0v) is 16.1. The van der Waals surface area contributed by atoms with Gasteiger partial charge in [0.05, 0.1) is 12.2 Å². The number of sulfonamides is 1. The molecule has 2 atom stereocenters. The highest BCUT2D eigenvalue weighted by molar-refractivity contribution is 7.88. The summed E-state index contributed by atoms with van der Waals surface area (Å²) in [6.45, 7) is 4.89. The van der Waals surface area contributed by atoms with Crippen molar-refractivity contribution in [3.05, 3.63) is 0 Å². The van der Waals surface area contributed by atoms with Gasteiger partial charge in [0.1, 0.15) is 0 Å². The third-order valence-corrected chi connectivity index (χ3v) is 6.06. The van der Waals surface area contributed by atoms with Gasteiger partial charge in [0.25, 0.3) is 0 Å². The number of carbonyl (C=O) groups excluding carboxylic acids is 1. The predicted molar refractivity (Wildman–Crippen MR) is 97.6 cm³/mol. The lowest BCUT2D eigenvalue weighted by Gasteiger charge is -2.37. The first kappa shape index (κ1) is 21.6. The minimum absolute atomic E-state index is 0. The third-order valence-electron chi connectivity index (χ3n) is 4.79. The smallest absolute Gasteiger partial charge is 0.224 e. The number of nitrogens with two attached hydrogens (primary N) is 1. The van der Waals surface area contributed by atoms with Crippen molar-refractivity contribution in [3.8, 4) is 0 Å². The summed E-state index contributed by atoms with van der Waals surface area (Å²) >= 11 is 0. The van der Waals surface area contributed by atoms with Gasteiger partial charge in [-0.15, -0.1) is 12.4 Å². The highest BCUT2D eigenvalue weighted by Crippen LogP contribution is 2.23. The van der Waals surface area contributed by atoms with Crippen molar-refractivity contribution in [2.24, 2.45) is 17.6 Å². The summed E-state index contributed by atoms with van der Waals surface area (Å²) < 4.78 is 25.0. The van der Waals surface area contributed by atoms with Crippen LogP contribution in [-0.2, 0) is 14.8 Å². The molecule has 0 aromatic heterocycles. The van der Waals surface area contributed by atoms with Crippen molar-refractivity contribution in [1.82, 2.24) is 14.5 Å². The molecule has 0 bridgehead atoms. The van der Waals surface area contributed by atoms with Crippen LogP contribution in [0, 0.1) is 11.8 Å². The third kappa shape index (κ3) is 6.48. The Kier molecular flexibility index (Phi) is 8.94. The Labute approximate surface area is 151 Å². The lowest BCUT2D eigenvalue weighted by molar-refractivity contribution is -0.126. The molecule has 7 nitrogen and oxygen atoms in total. The van der Waals surface area contributed by atoms with Crippen molar-refractivity contribution in [2.75, 3.05) is 52.1 Å². The van der Waals surface area contributed by atoms with E-state index < -0.39 is 10.0 Å². The van der Waals surface area contributed by atoms with Gasteiger partial charge in [-0.05, 0) is 38.1 Å². The van der Waals surface area contributed by atoms with Crippen molar-refractivity contribution in [3.63, 3.8) is 0 Å². The van der Waals surface area contributed by atoms with Gasteiger partial charge >= 0.3 is 0 Å². The summed E-state index contributed by atoms with van der Waals surface area (Å²) in [5.41, 5.74) is 5.43. The van der Waals surface area contributed by atoms with Crippen LogP contribution in [-0.4, -0.2) is 75.6 Å². The van der Waals surface area contributed by atoms with Gasteiger partial charge in [-0.3, -0.25) is 4.79 Å². The lowest BCUT2D eigenvalue weighted by Crippen LogP contribution is -2.48. The van der Waals surface area contributed by atoms with E-state index in [9.17, 15) is 13.2 Å². The minimum atomic E-state index is -3.10. The molecule has 1 amide bonds. The molecule has 0 saturated carbocycles. The number of rotatable bonds is 6. The summed E-state index contributed by atoms with van der Waals surface area (Å²) in [7, 11) is -3.10. The van der Waals surface area contributed by atoms with Crippen LogP contribution in [0.4, 0.5) is 0 Å². The van der Waals surface area contributed by atoms with E-state index in [-0.39, 0.29) is 24.2 Å². The van der Waals surface area contributed by atoms with E-state index in [1.807, 2.05) is 0 Å². The number of likely N-dealkylation sites (tertiary alicyclic amines) is 1. The Morgan fingerprint density at radius 1 is 1.21 bits per heavy atom. The quantitative estimate of drug-likeness (QED) is 0.667. The number of nitrogens with zero attached hydrogens (tertiary/aromatic N) is 2. The largest absolute Gasteiger partial charge is 0.355 e. The maximum absolute atomic E-state index is 12.1. The summed E-state index contributed by atoms with van der Waals surface area (Å²) in [5.74, 6) is 0.496. The average Bonchev–Trinajstić information content (AvgIpc) is 2.52. The molecular formula is C15H31ClN4O3S. The Bertz CT molecular complexity index is 503. The van der Waals surface area contributed by atoms with Gasteiger partial charge in [0.2, 0.25) is 15.9 Å². The van der Waals surface area contributed by atoms with Crippen LogP contribution >= 0.6 is 12.4 Å². The molecule has 0 aromatic carbocycles. The molecule has 3 N–H and O–H groups in total. The van der Waals surface area contributed by atoms with E-state index in [4.69, 9.17) is 5.73 Å². The Balaban J connectivity index is 0.00000288. The fourth-order valence-electron chi connectivity index (χ4n) is 3.62. The number of carbonyl (C=O) groups is 1. The normalized spacial score (nSPS) is 26.6. The van der Waals surface area contributed by atoms with Crippen molar-refractivity contribution in [2.45, 2.75) is 25.7 Å². The molecule has 0 aliphatic carbocycles. The van der Waals surface area contributed by atoms with Crippen LogP contribution in [0.1, 0.15) is 25.7 Å². The highest BCUT2D eigenvalue weighted by Gasteiger charge is 2.30. The van der Waals surface area contributed by atoms with Crippen LogP contribution in [0.5, 0.6) is 0 Å². The van der Waals surface area contributed by atoms with Gasteiger partial charge in [0, 0.05) is 39.3 Å². The zero-order valence-electron chi connectivity index (χ0n) is 14.4. The molecule has 2 fully saturated rings. The summed E-state index contributed by atoms with van der Waals surface area (Å²) in [5, 5.41) is 2.88. The van der Waals surface area contributed by atoms with E-state index in [1.165, 1.54) is 6.26 Å². The average molecular weight is 383 g/mol. The molecular weight excluding hydrogens is 352 g/mol. The number of hydrogen-bond donors (Lipinski definition) is 2. The first-order valence-corrected chi connectivity index (χ1v) is 10.4. The van der Waals surface area contributed by atoms with Crippen LogP contribution in [0.25, 0.3) is 0 Å². The molecule has 9 heteroatoms. The molecule has 142 valence electrons. The van der Waals surface area contributed by atoms with E-state index in [1.54, 1.807) is 4.31 Å². The molecule has 0 radical (unpaired) electrons. The van der Waals surface area contributed by atoms with Crippen LogP contribution in [0.3, 0.4) is 0 Å². The Morgan fingerprint density at radius 2 is 1.92 bits per heavy atom. The number of hydrogen-bond acceptors (Lipinski definition) is 5. The van der Waals surface area contributed by atoms with Crippen LogP contribution in [0.2, 0.25) is 0 Å². The molecule has 2 aliphatic rings. The molecule has 0 aromatic rings. The first-order chi connectivity index (χ1) is 10.9. The second kappa shape index (κ2) is 9.91. The summed E-state index contributed by atoms with van der Waals surface area (Å²) in [4.78, 5) is 14.4. The Morgan fingerprint density at radius 3 is 2.58 bits per heavy atom. The summed E-state index contributed by atoms with van der Waals surface area (Å²) in [6, 6.07) is 0. The molecule has 2 heterocycles.